The highest BCUT2D eigenvalue weighted by molar-refractivity contribution is 7.99. The van der Waals surface area contributed by atoms with E-state index in [-0.39, 0.29) is 24.0 Å². The average Bonchev–Trinajstić information content (AvgIpc) is 3.20. The first-order chi connectivity index (χ1) is 12.4. The molecule has 0 fully saturated rings. The third-order valence-electron chi connectivity index (χ3n) is 3.28. The molecule has 3 rings (SSSR count). The smallest absolute Gasteiger partial charge is 0.234 e. The summed E-state index contributed by atoms with van der Waals surface area (Å²) in [6.07, 6.45) is 3.28. The zero-order chi connectivity index (χ0) is 18.6. The van der Waals surface area contributed by atoms with Crippen molar-refractivity contribution in [2.24, 2.45) is 7.05 Å². The number of carbonyl (C=O) groups is 1. The van der Waals surface area contributed by atoms with E-state index in [0.717, 1.165) is 5.52 Å². The molecule has 0 saturated heterocycles. The minimum absolute atomic E-state index is 0.000713. The van der Waals surface area contributed by atoms with Gasteiger partial charge in [-0.3, -0.25) is 9.52 Å². The fourth-order valence-corrected chi connectivity index (χ4v) is 3.70. The summed E-state index contributed by atoms with van der Waals surface area (Å²) in [7, 11) is -1.92. The fraction of sp³-hybridized carbons (Fsp3) is 0.308. The van der Waals surface area contributed by atoms with Crippen LogP contribution in [-0.4, -0.2) is 62.2 Å². The molecule has 11 nitrogen and oxygen atoms in total. The molecule has 0 spiro atoms. The van der Waals surface area contributed by atoms with Gasteiger partial charge in [-0.15, -0.1) is 5.10 Å². The zero-order valence-electron chi connectivity index (χ0n) is 13.7. The molecule has 138 valence electrons. The molecule has 2 N–H and O–H groups in total. The van der Waals surface area contributed by atoms with E-state index in [1.165, 1.54) is 16.4 Å². The van der Waals surface area contributed by atoms with E-state index >= 15 is 0 Å². The minimum Gasteiger partial charge on any atom is -0.354 e. The molecule has 0 aliphatic heterocycles. The molecule has 0 saturated carbocycles. The second-order valence-corrected chi connectivity index (χ2v) is 8.05. The Hall–Kier alpha value is -2.67. The lowest BCUT2D eigenvalue weighted by atomic mass is 10.4. The maximum absolute atomic E-state index is 12.1. The van der Waals surface area contributed by atoms with Gasteiger partial charge in [-0.25, -0.2) is 17.6 Å². The van der Waals surface area contributed by atoms with Gasteiger partial charge in [0.15, 0.2) is 0 Å². The Labute approximate surface area is 153 Å². The lowest BCUT2D eigenvalue weighted by Crippen LogP contribution is -2.32. The van der Waals surface area contributed by atoms with Crippen molar-refractivity contribution < 1.29 is 13.2 Å². The van der Waals surface area contributed by atoms with Crippen molar-refractivity contribution in [2.45, 2.75) is 5.16 Å². The fourth-order valence-electron chi connectivity index (χ4n) is 2.07. The number of aryl methyl sites for hydroxylation is 1. The predicted molar refractivity (Wildman–Crippen MR) is 95.1 cm³/mol. The van der Waals surface area contributed by atoms with Crippen molar-refractivity contribution in [3.05, 3.63) is 30.6 Å². The number of fused-ring (bicyclic) bond motifs is 1. The molecule has 0 aliphatic carbocycles. The van der Waals surface area contributed by atoms with Crippen LogP contribution >= 0.6 is 11.8 Å². The summed E-state index contributed by atoms with van der Waals surface area (Å²) < 4.78 is 29.8. The SMILES string of the molecule is Cn1nnnc1SCC(=O)NCCS(=O)(=O)Nc1ccn2nccc2c1. The predicted octanol–water partition coefficient (Wildman–Crippen LogP) is -0.492. The summed E-state index contributed by atoms with van der Waals surface area (Å²) in [5.74, 6) is -0.437. The van der Waals surface area contributed by atoms with Crippen LogP contribution in [0.1, 0.15) is 0 Å². The number of amides is 1. The summed E-state index contributed by atoms with van der Waals surface area (Å²) in [5.41, 5.74) is 1.21. The first-order valence-electron chi connectivity index (χ1n) is 7.49. The van der Waals surface area contributed by atoms with Crippen molar-refractivity contribution in [1.82, 2.24) is 35.1 Å². The molecule has 26 heavy (non-hydrogen) atoms. The molecule has 0 aromatic carbocycles. The van der Waals surface area contributed by atoms with Crippen molar-refractivity contribution in [3.8, 4) is 0 Å². The van der Waals surface area contributed by atoms with Gasteiger partial charge in [0.25, 0.3) is 0 Å². The number of hydrogen-bond donors (Lipinski definition) is 2. The van der Waals surface area contributed by atoms with Gasteiger partial charge in [-0.05, 0) is 28.6 Å². The number of anilines is 1. The largest absolute Gasteiger partial charge is 0.354 e. The number of hydrogen-bond acceptors (Lipinski definition) is 8. The summed E-state index contributed by atoms with van der Waals surface area (Å²) in [4.78, 5) is 11.8. The Kier molecular flexibility index (Phi) is 5.37. The third-order valence-corrected chi connectivity index (χ3v) is 5.58. The molecule has 3 heterocycles. The Morgan fingerprint density at radius 2 is 2.19 bits per heavy atom. The normalized spacial score (nSPS) is 11.6. The number of pyridine rings is 1. The zero-order valence-corrected chi connectivity index (χ0v) is 15.4. The van der Waals surface area contributed by atoms with E-state index in [4.69, 9.17) is 0 Å². The van der Waals surface area contributed by atoms with E-state index in [1.807, 2.05) is 0 Å². The van der Waals surface area contributed by atoms with E-state index in [9.17, 15) is 13.2 Å². The number of sulfonamides is 1. The molecule has 1 amide bonds. The topological polar surface area (TPSA) is 136 Å². The lowest BCUT2D eigenvalue weighted by Gasteiger charge is -2.09. The van der Waals surface area contributed by atoms with Crippen LogP contribution in [0.2, 0.25) is 0 Å². The van der Waals surface area contributed by atoms with Gasteiger partial charge < -0.3 is 5.32 Å². The van der Waals surface area contributed by atoms with E-state index < -0.39 is 10.0 Å². The van der Waals surface area contributed by atoms with Gasteiger partial charge in [0.2, 0.25) is 21.1 Å². The molecule has 0 aliphatic rings. The van der Waals surface area contributed by atoms with Crippen LogP contribution in [0.15, 0.2) is 35.7 Å². The van der Waals surface area contributed by atoms with E-state index in [1.54, 1.807) is 42.2 Å². The first kappa shape index (κ1) is 18.1. The van der Waals surface area contributed by atoms with Crippen molar-refractivity contribution in [3.63, 3.8) is 0 Å². The monoisotopic (exact) mass is 396 g/mol. The average molecular weight is 396 g/mol. The number of carbonyl (C=O) groups excluding carboxylic acids is 1. The summed E-state index contributed by atoms with van der Waals surface area (Å²) >= 11 is 1.17. The van der Waals surface area contributed by atoms with Crippen LogP contribution in [0.3, 0.4) is 0 Å². The number of aromatic nitrogens is 6. The van der Waals surface area contributed by atoms with Crippen LogP contribution in [0.25, 0.3) is 5.52 Å². The molecule has 3 aromatic rings. The van der Waals surface area contributed by atoms with Gasteiger partial charge in [-0.2, -0.15) is 5.10 Å². The second-order valence-electron chi connectivity index (χ2n) is 5.26. The number of nitrogens with one attached hydrogen (secondary N) is 2. The number of thioether (sulfide) groups is 1. The number of tetrazole rings is 1. The van der Waals surface area contributed by atoms with Gasteiger partial charge in [0.1, 0.15) is 0 Å². The van der Waals surface area contributed by atoms with Crippen LogP contribution in [0.4, 0.5) is 5.69 Å². The summed E-state index contributed by atoms with van der Waals surface area (Å²) in [5, 5.41) is 18.0. The van der Waals surface area contributed by atoms with Crippen LogP contribution < -0.4 is 10.0 Å². The standard InChI is InChI=1S/C13H16N8O3S2/c1-20-13(16-18-19-20)25-9-12(22)14-5-7-26(23,24)17-10-3-6-21-11(8-10)2-4-15-21/h2-4,6,8,17H,5,7,9H2,1H3,(H,14,22). The Morgan fingerprint density at radius 1 is 1.35 bits per heavy atom. The molecular formula is C13H16N8O3S2. The van der Waals surface area contributed by atoms with E-state index in [2.05, 4.69) is 30.7 Å². The highest BCUT2D eigenvalue weighted by Gasteiger charge is 2.13. The van der Waals surface area contributed by atoms with Crippen LogP contribution in [0.5, 0.6) is 0 Å². The van der Waals surface area contributed by atoms with Crippen molar-refractivity contribution in [1.29, 1.82) is 0 Å². The molecule has 0 unspecified atom stereocenters. The van der Waals surface area contributed by atoms with Crippen LogP contribution in [-0.2, 0) is 21.9 Å². The number of nitrogens with zero attached hydrogens (tertiary/aromatic N) is 6. The Morgan fingerprint density at radius 3 is 2.96 bits per heavy atom. The molecular weight excluding hydrogens is 380 g/mol. The first-order valence-corrected chi connectivity index (χ1v) is 10.1. The van der Waals surface area contributed by atoms with Gasteiger partial charge in [-0.1, -0.05) is 11.8 Å². The van der Waals surface area contributed by atoms with E-state index in [0.29, 0.717) is 10.8 Å². The van der Waals surface area contributed by atoms with Crippen molar-refractivity contribution >= 4 is 38.9 Å². The molecule has 3 aromatic heterocycles. The van der Waals surface area contributed by atoms with Crippen molar-refractivity contribution in [2.75, 3.05) is 22.8 Å². The van der Waals surface area contributed by atoms with Crippen LogP contribution in [0, 0.1) is 0 Å². The highest BCUT2D eigenvalue weighted by Crippen LogP contribution is 2.13. The molecule has 13 heteroatoms. The maximum atomic E-state index is 12.1. The van der Waals surface area contributed by atoms with Gasteiger partial charge in [0, 0.05) is 26.0 Å². The Balaban J connectivity index is 1.45. The third kappa shape index (κ3) is 4.70. The quantitative estimate of drug-likeness (QED) is 0.487. The summed E-state index contributed by atoms with van der Waals surface area (Å²) in [6, 6.07) is 5.05. The van der Waals surface area contributed by atoms with Gasteiger partial charge >= 0.3 is 0 Å². The van der Waals surface area contributed by atoms with Gasteiger partial charge in [0.05, 0.1) is 22.7 Å². The minimum atomic E-state index is -3.58. The Bertz CT molecular complexity index is 1010. The maximum Gasteiger partial charge on any atom is 0.234 e. The molecule has 0 atom stereocenters. The summed E-state index contributed by atoms with van der Waals surface area (Å²) in [6.45, 7) is 0.000713. The number of rotatable bonds is 8. The highest BCUT2D eigenvalue weighted by atomic mass is 32.2. The molecule has 0 bridgehead atoms. The second kappa shape index (κ2) is 7.70. The molecule has 0 radical (unpaired) electrons. The lowest BCUT2D eigenvalue weighted by molar-refractivity contribution is -0.118.